The van der Waals surface area contributed by atoms with Crippen molar-refractivity contribution in [2.75, 3.05) is 34.9 Å². The fourth-order valence-corrected chi connectivity index (χ4v) is 2.88. The number of rotatable bonds is 8. The monoisotopic (exact) mass is 440 g/mol. The molecular weight excluding hydrogens is 417 g/mol. The number of carbonyl (C=O) groups excluding carboxylic acids is 2. The lowest BCUT2D eigenvalue weighted by Crippen LogP contribution is -2.38. The maximum atomic E-state index is 13.1. The molecule has 0 saturated carbocycles. The molecule has 0 spiro atoms. The van der Waals surface area contributed by atoms with E-state index in [2.05, 4.69) is 5.32 Å². The van der Waals surface area contributed by atoms with Gasteiger partial charge in [0.05, 0.1) is 33.4 Å². The summed E-state index contributed by atoms with van der Waals surface area (Å²) in [4.78, 5) is 25.9. The number of benzene rings is 2. The molecule has 2 rings (SSSR count). The summed E-state index contributed by atoms with van der Waals surface area (Å²) < 4.78 is 55.0. The Bertz CT molecular complexity index is 922. The van der Waals surface area contributed by atoms with Crippen LogP contribution in [0.15, 0.2) is 36.4 Å². The average molecular weight is 440 g/mol. The van der Waals surface area contributed by atoms with Crippen LogP contribution in [0.4, 0.5) is 13.2 Å². The van der Waals surface area contributed by atoms with Crippen molar-refractivity contribution < 1.29 is 37.0 Å². The van der Waals surface area contributed by atoms with E-state index in [0.717, 1.165) is 11.0 Å². The van der Waals surface area contributed by atoms with Gasteiger partial charge in [-0.25, -0.2) is 0 Å². The molecule has 0 unspecified atom stereocenters. The average Bonchev–Trinajstić information content (AvgIpc) is 2.75. The molecule has 31 heavy (non-hydrogen) atoms. The van der Waals surface area contributed by atoms with Gasteiger partial charge in [0.2, 0.25) is 11.7 Å². The van der Waals surface area contributed by atoms with Crippen molar-refractivity contribution in [3.8, 4) is 17.2 Å². The van der Waals surface area contributed by atoms with Gasteiger partial charge >= 0.3 is 6.18 Å². The van der Waals surface area contributed by atoms with Crippen LogP contribution in [0, 0.1) is 0 Å². The quantitative estimate of drug-likeness (QED) is 0.683. The van der Waals surface area contributed by atoms with Crippen molar-refractivity contribution in [3.63, 3.8) is 0 Å². The van der Waals surface area contributed by atoms with Crippen LogP contribution in [0.1, 0.15) is 21.5 Å². The lowest BCUT2D eigenvalue weighted by atomic mass is 10.1. The Morgan fingerprint density at radius 2 is 1.58 bits per heavy atom. The van der Waals surface area contributed by atoms with Gasteiger partial charge in [-0.15, -0.1) is 0 Å². The van der Waals surface area contributed by atoms with E-state index < -0.39 is 30.1 Å². The van der Waals surface area contributed by atoms with Crippen LogP contribution in [-0.2, 0) is 17.5 Å². The number of nitrogens with one attached hydrogen (secondary N) is 1. The summed E-state index contributed by atoms with van der Waals surface area (Å²) in [6, 6.07) is 7.86. The zero-order chi connectivity index (χ0) is 23.2. The topological polar surface area (TPSA) is 77.1 Å². The van der Waals surface area contributed by atoms with Crippen LogP contribution in [0.5, 0.6) is 17.2 Å². The van der Waals surface area contributed by atoms with E-state index in [1.165, 1.54) is 58.7 Å². The number of likely N-dealkylation sites (N-methyl/N-ethyl adjacent to an activating group) is 1. The van der Waals surface area contributed by atoms with Gasteiger partial charge < -0.3 is 24.4 Å². The van der Waals surface area contributed by atoms with Gasteiger partial charge in [0.1, 0.15) is 0 Å². The highest BCUT2D eigenvalue weighted by atomic mass is 19.4. The number of carbonyl (C=O) groups is 2. The van der Waals surface area contributed by atoms with Crippen LogP contribution in [0.2, 0.25) is 0 Å². The Hall–Kier alpha value is -3.43. The molecule has 0 aromatic heterocycles. The summed E-state index contributed by atoms with van der Waals surface area (Å²) in [5.41, 5.74) is -0.690. The molecule has 2 amide bonds. The second kappa shape index (κ2) is 10.1. The van der Waals surface area contributed by atoms with Gasteiger partial charge in [0.15, 0.2) is 11.5 Å². The fourth-order valence-electron chi connectivity index (χ4n) is 2.88. The van der Waals surface area contributed by atoms with E-state index in [9.17, 15) is 22.8 Å². The molecule has 2 aromatic carbocycles. The van der Waals surface area contributed by atoms with Crippen LogP contribution < -0.4 is 19.5 Å². The first-order valence-electron chi connectivity index (χ1n) is 9.09. The maximum absolute atomic E-state index is 13.1. The van der Waals surface area contributed by atoms with Crippen molar-refractivity contribution in [2.45, 2.75) is 12.7 Å². The minimum atomic E-state index is -4.53. The summed E-state index contributed by atoms with van der Waals surface area (Å²) >= 11 is 0. The Labute approximate surface area is 177 Å². The molecular formula is C21H23F3N2O5. The van der Waals surface area contributed by atoms with Crippen LogP contribution in [-0.4, -0.2) is 51.6 Å². The second-order valence-corrected chi connectivity index (χ2v) is 6.50. The van der Waals surface area contributed by atoms with E-state index in [1.807, 2.05) is 0 Å². The Morgan fingerprint density at radius 1 is 1.00 bits per heavy atom. The van der Waals surface area contributed by atoms with Crippen LogP contribution in [0.25, 0.3) is 0 Å². The lowest BCUT2D eigenvalue weighted by molar-refractivity contribution is -0.139. The molecule has 0 fully saturated rings. The summed E-state index contributed by atoms with van der Waals surface area (Å²) in [6.07, 6.45) is -4.53. The minimum Gasteiger partial charge on any atom is -0.493 e. The minimum absolute atomic E-state index is 0.0400. The summed E-state index contributed by atoms with van der Waals surface area (Å²) in [6.45, 7) is -0.658. The van der Waals surface area contributed by atoms with Gasteiger partial charge in [-0.1, -0.05) is 18.2 Å². The Balaban J connectivity index is 2.07. The van der Waals surface area contributed by atoms with E-state index in [4.69, 9.17) is 14.2 Å². The molecule has 0 heterocycles. The molecule has 0 saturated heterocycles. The van der Waals surface area contributed by atoms with E-state index >= 15 is 0 Å². The van der Waals surface area contributed by atoms with Gasteiger partial charge in [-0.3, -0.25) is 9.59 Å². The number of nitrogens with zero attached hydrogens (tertiary/aromatic N) is 1. The molecule has 2 aromatic rings. The van der Waals surface area contributed by atoms with Gasteiger partial charge in [-0.05, 0) is 23.8 Å². The lowest BCUT2D eigenvalue weighted by Gasteiger charge is -2.20. The Kier molecular flexibility index (Phi) is 7.73. The van der Waals surface area contributed by atoms with E-state index in [1.54, 1.807) is 0 Å². The zero-order valence-corrected chi connectivity index (χ0v) is 17.5. The summed E-state index contributed by atoms with van der Waals surface area (Å²) in [5, 5.41) is 2.45. The van der Waals surface area contributed by atoms with Crippen molar-refractivity contribution in [1.29, 1.82) is 0 Å². The molecule has 168 valence electrons. The fraction of sp³-hybridized carbons (Fsp3) is 0.333. The van der Waals surface area contributed by atoms with Crippen molar-refractivity contribution >= 4 is 11.8 Å². The van der Waals surface area contributed by atoms with Crippen LogP contribution in [0.3, 0.4) is 0 Å². The SMILES string of the molecule is COc1cc(C(=O)NCC(=O)N(C)Cc2ccccc2C(F)(F)F)cc(OC)c1OC. The smallest absolute Gasteiger partial charge is 0.416 e. The summed E-state index contributed by atoms with van der Waals surface area (Å²) in [7, 11) is 5.58. The highest BCUT2D eigenvalue weighted by Gasteiger charge is 2.33. The first-order valence-corrected chi connectivity index (χ1v) is 9.09. The number of amides is 2. The third-order valence-corrected chi connectivity index (χ3v) is 4.48. The molecule has 10 heteroatoms. The number of hydrogen-bond donors (Lipinski definition) is 1. The molecule has 7 nitrogen and oxygen atoms in total. The molecule has 0 aliphatic heterocycles. The highest BCUT2D eigenvalue weighted by molar-refractivity contribution is 5.97. The third kappa shape index (κ3) is 5.80. The summed E-state index contributed by atoms with van der Waals surface area (Å²) in [5.74, 6) is -0.312. The highest BCUT2D eigenvalue weighted by Crippen LogP contribution is 2.38. The molecule has 0 bridgehead atoms. The largest absolute Gasteiger partial charge is 0.493 e. The standard InChI is InChI=1S/C21H23F3N2O5/c1-26(12-13-7-5-6-8-15(13)21(22,23)24)18(27)11-25-20(28)14-9-16(29-2)19(31-4)17(10-14)30-3/h5-10H,11-12H2,1-4H3,(H,25,28). The molecule has 0 aliphatic carbocycles. The molecule has 0 radical (unpaired) electrons. The molecule has 0 atom stereocenters. The number of hydrogen-bond acceptors (Lipinski definition) is 5. The molecule has 1 N–H and O–H groups in total. The zero-order valence-electron chi connectivity index (χ0n) is 17.5. The number of ether oxygens (including phenoxy) is 3. The van der Waals surface area contributed by atoms with Crippen molar-refractivity contribution in [1.82, 2.24) is 10.2 Å². The number of alkyl halides is 3. The predicted molar refractivity (Wildman–Crippen MR) is 106 cm³/mol. The third-order valence-electron chi connectivity index (χ3n) is 4.48. The van der Waals surface area contributed by atoms with Crippen LogP contribution >= 0.6 is 0 Å². The number of halogens is 3. The first-order chi connectivity index (χ1) is 14.6. The maximum Gasteiger partial charge on any atom is 0.416 e. The first kappa shape index (κ1) is 23.8. The van der Waals surface area contributed by atoms with E-state index in [0.29, 0.717) is 5.75 Å². The van der Waals surface area contributed by atoms with Crippen molar-refractivity contribution in [3.05, 3.63) is 53.1 Å². The predicted octanol–water partition coefficient (Wildman–Crippen LogP) is 3.12. The van der Waals surface area contributed by atoms with Gasteiger partial charge in [0.25, 0.3) is 5.91 Å². The Morgan fingerprint density at radius 3 is 2.10 bits per heavy atom. The van der Waals surface area contributed by atoms with Crippen molar-refractivity contribution in [2.24, 2.45) is 0 Å². The number of methoxy groups -OCH3 is 3. The van der Waals surface area contributed by atoms with Gasteiger partial charge in [-0.2, -0.15) is 13.2 Å². The van der Waals surface area contributed by atoms with E-state index in [-0.39, 0.29) is 29.2 Å². The van der Waals surface area contributed by atoms with Gasteiger partial charge in [0, 0.05) is 19.2 Å². The normalized spacial score (nSPS) is 10.9. The molecule has 0 aliphatic rings. The second-order valence-electron chi connectivity index (χ2n) is 6.50.